The zero-order valence-corrected chi connectivity index (χ0v) is 11.6. The van der Waals surface area contributed by atoms with E-state index in [1.807, 2.05) is 6.92 Å². The van der Waals surface area contributed by atoms with E-state index in [1.165, 1.54) is 11.2 Å². The number of carbonyl (C=O) groups excluding carboxylic acids is 1. The number of hydrogen-bond acceptors (Lipinski definition) is 6. The van der Waals surface area contributed by atoms with E-state index in [0.29, 0.717) is 26.1 Å². The van der Waals surface area contributed by atoms with Gasteiger partial charge in [-0.3, -0.25) is 4.79 Å². The molecule has 0 aliphatic carbocycles. The lowest BCUT2D eigenvalue weighted by Gasteiger charge is -2.06. The molecule has 0 aliphatic heterocycles. The van der Waals surface area contributed by atoms with Gasteiger partial charge in [0.1, 0.15) is 17.0 Å². The first-order chi connectivity index (χ1) is 9.20. The SMILES string of the molecule is Cc1cc2c(NCCC(=O)NCCN)ncnc2s1. The number of aromatic nitrogens is 2. The van der Waals surface area contributed by atoms with Gasteiger partial charge >= 0.3 is 0 Å². The summed E-state index contributed by atoms with van der Waals surface area (Å²) in [4.78, 5) is 22.0. The van der Waals surface area contributed by atoms with E-state index in [0.717, 1.165) is 16.0 Å². The summed E-state index contributed by atoms with van der Waals surface area (Å²) >= 11 is 1.63. The summed E-state index contributed by atoms with van der Waals surface area (Å²) in [5, 5.41) is 6.90. The van der Waals surface area contributed by atoms with Gasteiger partial charge in [0.15, 0.2) is 0 Å². The number of nitrogens with one attached hydrogen (secondary N) is 2. The molecule has 2 rings (SSSR count). The third-order valence-electron chi connectivity index (χ3n) is 2.56. The topological polar surface area (TPSA) is 92.9 Å². The highest BCUT2D eigenvalue weighted by molar-refractivity contribution is 7.18. The molecule has 2 aromatic rings. The second-order valence-corrected chi connectivity index (χ2v) is 5.35. The maximum absolute atomic E-state index is 11.4. The zero-order chi connectivity index (χ0) is 13.7. The molecular weight excluding hydrogens is 262 g/mol. The van der Waals surface area contributed by atoms with Gasteiger partial charge in [0.2, 0.25) is 5.91 Å². The molecule has 0 saturated carbocycles. The van der Waals surface area contributed by atoms with Crippen LogP contribution < -0.4 is 16.4 Å². The minimum absolute atomic E-state index is 0.00949. The largest absolute Gasteiger partial charge is 0.369 e. The van der Waals surface area contributed by atoms with E-state index < -0.39 is 0 Å². The lowest BCUT2D eigenvalue weighted by Crippen LogP contribution is -2.30. The van der Waals surface area contributed by atoms with Crippen LogP contribution in [0.5, 0.6) is 0 Å². The standard InChI is InChI=1S/C12H17N5OS/c1-8-6-9-11(16-7-17-12(9)19-8)15-4-2-10(18)14-5-3-13/h6-7H,2-5,13H2,1H3,(H,14,18)(H,15,16,17). The number of amides is 1. The van der Waals surface area contributed by atoms with Gasteiger partial charge in [0.25, 0.3) is 0 Å². The van der Waals surface area contributed by atoms with Crippen LogP contribution in [-0.4, -0.2) is 35.5 Å². The molecule has 1 amide bonds. The molecule has 6 nitrogen and oxygen atoms in total. The van der Waals surface area contributed by atoms with Crippen molar-refractivity contribution in [2.75, 3.05) is 25.0 Å². The highest BCUT2D eigenvalue weighted by Crippen LogP contribution is 2.27. The summed E-state index contributed by atoms with van der Waals surface area (Å²) < 4.78 is 0. The number of nitrogens with zero attached hydrogens (tertiary/aromatic N) is 2. The third-order valence-corrected chi connectivity index (χ3v) is 3.52. The summed E-state index contributed by atoms with van der Waals surface area (Å²) in [5.41, 5.74) is 5.31. The normalized spacial score (nSPS) is 10.6. The summed E-state index contributed by atoms with van der Waals surface area (Å²) in [6.07, 6.45) is 1.93. The van der Waals surface area contributed by atoms with Gasteiger partial charge in [-0.25, -0.2) is 9.97 Å². The van der Waals surface area contributed by atoms with Crippen LogP contribution in [-0.2, 0) is 4.79 Å². The Kier molecular flexibility index (Phi) is 4.64. The van der Waals surface area contributed by atoms with Crippen molar-refractivity contribution < 1.29 is 4.79 Å². The van der Waals surface area contributed by atoms with Crippen molar-refractivity contribution in [2.24, 2.45) is 5.73 Å². The molecule has 2 aromatic heterocycles. The van der Waals surface area contributed by atoms with E-state index in [2.05, 4.69) is 26.7 Å². The lowest BCUT2D eigenvalue weighted by molar-refractivity contribution is -0.120. The van der Waals surface area contributed by atoms with Gasteiger partial charge in [-0.2, -0.15) is 0 Å². The summed E-state index contributed by atoms with van der Waals surface area (Å²) in [6, 6.07) is 2.05. The highest BCUT2D eigenvalue weighted by atomic mass is 32.1. The number of fused-ring (bicyclic) bond motifs is 1. The van der Waals surface area contributed by atoms with Crippen molar-refractivity contribution in [2.45, 2.75) is 13.3 Å². The van der Waals surface area contributed by atoms with Gasteiger partial charge in [-0.1, -0.05) is 0 Å². The number of carbonyl (C=O) groups is 1. The van der Waals surface area contributed by atoms with Crippen LogP contribution in [0.15, 0.2) is 12.4 Å². The molecule has 0 radical (unpaired) electrons. The van der Waals surface area contributed by atoms with Gasteiger partial charge in [-0.15, -0.1) is 11.3 Å². The molecule has 19 heavy (non-hydrogen) atoms. The second kappa shape index (κ2) is 6.44. The summed E-state index contributed by atoms with van der Waals surface area (Å²) in [7, 11) is 0. The molecule has 2 heterocycles. The van der Waals surface area contributed by atoms with Crippen LogP contribution in [0.4, 0.5) is 5.82 Å². The first-order valence-corrected chi connectivity index (χ1v) is 6.94. The lowest BCUT2D eigenvalue weighted by atomic mass is 10.3. The number of rotatable bonds is 6. The van der Waals surface area contributed by atoms with Gasteiger partial charge in [-0.05, 0) is 13.0 Å². The monoisotopic (exact) mass is 279 g/mol. The molecule has 0 aromatic carbocycles. The van der Waals surface area contributed by atoms with Crippen molar-refractivity contribution in [1.82, 2.24) is 15.3 Å². The van der Waals surface area contributed by atoms with Crippen LogP contribution in [0.1, 0.15) is 11.3 Å². The Bertz CT molecular complexity index is 568. The molecule has 0 atom stereocenters. The Morgan fingerprint density at radius 2 is 2.26 bits per heavy atom. The molecule has 102 valence electrons. The molecule has 0 fully saturated rings. The average molecular weight is 279 g/mol. The molecule has 0 bridgehead atoms. The second-order valence-electron chi connectivity index (χ2n) is 4.11. The maximum atomic E-state index is 11.4. The van der Waals surface area contributed by atoms with Crippen LogP contribution in [0.3, 0.4) is 0 Å². The summed E-state index contributed by atoms with van der Waals surface area (Å²) in [5.74, 6) is 0.769. The Morgan fingerprint density at radius 3 is 3.05 bits per heavy atom. The van der Waals surface area contributed by atoms with E-state index in [-0.39, 0.29) is 5.91 Å². The smallest absolute Gasteiger partial charge is 0.221 e. The van der Waals surface area contributed by atoms with Gasteiger partial charge in [0, 0.05) is 30.9 Å². The number of thiophene rings is 1. The van der Waals surface area contributed by atoms with Crippen LogP contribution >= 0.6 is 11.3 Å². The molecule has 4 N–H and O–H groups in total. The van der Waals surface area contributed by atoms with Crippen LogP contribution in [0.25, 0.3) is 10.2 Å². The molecule has 7 heteroatoms. The molecule has 0 saturated heterocycles. The van der Waals surface area contributed by atoms with E-state index in [1.54, 1.807) is 11.3 Å². The fourth-order valence-electron chi connectivity index (χ4n) is 1.71. The molecule has 0 spiro atoms. The Balaban J connectivity index is 1.93. The predicted octanol–water partition coefficient (Wildman–Crippen LogP) is 0.877. The molecule has 0 aliphatic rings. The highest BCUT2D eigenvalue weighted by Gasteiger charge is 2.07. The number of nitrogens with two attached hydrogens (primary N) is 1. The van der Waals surface area contributed by atoms with Crippen molar-refractivity contribution in [3.8, 4) is 0 Å². The average Bonchev–Trinajstić information content (AvgIpc) is 2.77. The summed E-state index contributed by atoms with van der Waals surface area (Å²) in [6.45, 7) is 3.55. The van der Waals surface area contributed by atoms with Gasteiger partial charge < -0.3 is 16.4 Å². The van der Waals surface area contributed by atoms with Crippen LogP contribution in [0.2, 0.25) is 0 Å². The van der Waals surface area contributed by atoms with Crippen LogP contribution in [0, 0.1) is 6.92 Å². The van der Waals surface area contributed by atoms with Crippen molar-refractivity contribution >= 4 is 33.3 Å². The zero-order valence-electron chi connectivity index (χ0n) is 10.8. The Morgan fingerprint density at radius 1 is 1.42 bits per heavy atom. The first-order valence-electron chi connectivity index (χ1n) is 6.12. The third kappa shape index (κ3) is 3.62. The minimum Gasteiger partial charge on any atom is -0.369 e. The number of anilines is 1. The van der Waals surface area contributed by atoms with Gasteiger partial charge in [0.05, 0.1) is 5.39 Å². The fraction of sp³-hybridized carbons (Fsp3) is 0.417. The maximum Gasteiger partial charge on any atom is 0.221 e. The van der Waals surface area contributed by atoms with Crippen molar-refractivity contribution in [3.05, 3.63) is 17.3 Å². The van der Waals surface area contributed by atoms with E-state index >= 15 is 0 Å². The minimum atomic E-state index is -0.00949. The Hall–Kier alpha value is -1.73. The van der Waals surface area contributed by atoms with E-state index in [4.69, 9.17) is 5.73 Å². The number of aryl methyl sites for hydroxylation is 1. The predicted molar refractivity (Wildman–Crippen MR) is 77.3 cm³/mol. The first kappa shape index (κ1) is 13.7. The van der Waals surface area contributed by atoms with E-state index in [9.17, 15) is 4.79 Å². The van der Waals surface area contributed by atoms with Crippen molar-refractivity contribution in [3.63, 3.8) is 0 Å². The quantitative estimate of drug-likeness (QED) is 0.730. The molecular formula is C12H17N5OS. The molecule has 0 unspecified atom stereocenters. The fourth-order valence-corrected chi connectivity index (χ4v) is 2.56. The number of hydrogen-bond donors (Lipinski definition) is 3. The van der Waals surface area contributed by atoms with Crippen molar-refractivity contribution in [1.29, 1.82) is 0 Å². The Labute approximate surface area is 115 Å².